The lowest BCUT2D eigenvalue weighted by atomic mass is 9.85. The molecule has 286 valence electrons. The van der Waals surface area contributed by atoms with Crippen LogP contribution in [-0.2, 0) is 34.8 Å². The smallest absolute Gasteiger partial charge is 0.232 e. The van der Waals surface area contributed by atoms with Crippen LogP contribution in [0.25, 0.3) is 5.57 Å². The van der Waals surface area contributed by atoms with Crippen LogP contribution in [-0.4, -0.2) is 161 Å². The van der Waals surface area contributed by atoms with Gasteiger partial charge in [-0.3, -0.25) is 4.79 Å². The summed E-state index contributed by atoms with van der Waals surface area (Å²) in [5.74, 6) is -2.31. The number of carbonyl (C=O) groups is 1. The highest BCUT2D eigenvalue weighted by Crippen LogP contribution is 2.41. The van der Waals surface area contributed by atoms with Crippen LogP contribution in [0.5, 0.6) is 17.2 Å². The number of hydrogen-bond acceptors (Lipinski definition) is 18. The average Bonchev–Trinajstić information content (AvgIpc) is 3.10. The van der Waals surface area contributed by atoms with Crippen molar-refractivity contribution in [2.75, 3.05) is 6.61 Å². The molecule has 0 bridgehead atoms. The van der Waals surface area contributed by atoms with Crippen LogP contribution < -0.4 is 0 Å². The molecular weight excluding hydrogens is 696 g/mol. The number of ketones is 1. The van der Waals surface area contributed by atoms with Gasteiger partial charge < -0.3 is 84.6 Å². The summed E-state index contributed by atoms with van der Waals surface area (Å²) in [6.45, 7) is 2.18. The number of allylic oxidation sites excluding steroid dienone is 2. The lowest BCUT2D eigenvalue weighted by Gasteiger charge is -2.46. The fourth-order valence-corrected chi connectivity index (χ4v) is 6.63. The first-order valence-corrected chi connectivity index (χ1v) is 16.5. The fraction of sp³-hybridized carbons (Fsp3) is 0.559. The van der Waals surface area contributed by atoms with Gasteiger partial charge in [-0.15, -0.1) is 0 Å². The van der Waals surface area contributed by atoms with Crippen LogP contribution in [0.4, 0.5) is 0 Å². The molecule has 3 heterocycles. The van der Waals surface area contributed by atoms with E-state index in [4.69, 9.17) is 28.4 Å². The largest absolute Gasteiger partial charge is 0.508 e. The lowest BCUT2D eigenvalue weighted by molar-refractivity contribution is -0.365. The van der Waals surface area contributed by atoms with Crippen LogP contribution in [0.3, 0.4) is 0 Å². The number of aliphatic hydroxyl groups excluding tert-OH is 8. The summed E-state index contributed by atoms with van der Waals surface area (Å²) in [5.41, 5.74) is 0.544. The van der Waals surface area contributed by atoms with Crippen molar-refractivity contribution in [2.24, 2.45) is 0 Å². The van der Waals surface area contributed by atoms with Gasteiger partial charge in [0.15, 0.2) is 24.4 Å². The Bertz CT molecular complexity index is 1630. The van der Waals surface area contributed by atoms with E-state index in [1.807, 2.05) is 0 Å². The molecule has 3 saturated heterocycles. The zero-order valence-electron chi connectivity index (χ0n) is 27.8. The molecule has 4 aliphatic rings. The van der Waals surface area contributed by atoms with Crippen LogP contribution >= 0.6 is 0 Å². The van der Waals surface area contributed by atoms with E-state index < -0.39 is 116 Å². The molecule has 18 heteroatoms. The molecular formula is C34H42O18. The summed E-state index contributed by atoms with van der Waals surface area (Å²) in [7, 11) is 0. The van der Waals surface area contributed by atoms with Crippen molar-refractivity contribution >= 4 is 11.4 Å². The second-order valence-corrected chi connectivity index (χ2v) is 13.3. The second kappa shape index (κ2) is 15.1. The Balaban J connectivity index is 1.35. The van der Waals surface area contributed by atoms with Gasteiger partial charge in [0, 0.05) is 18.1 Å². The number of aliphatic hydroxyl groups is 8. The molecule has 18 nitrogen and oxygen atoms in total. The van der Waals surface area contributed by atoms with Crippen LogP contribution in [0, 0.1) is 0 Å². The van der Waals surface area contributed by atoms with Crippen molar-refractivity contribution in [3.05, 3.63) is 58.8 Å². The summed E-state index contributed by atoms with van der Waals surface area (Å²) in [4.78, 5) is 14.1. The molecule has 0 radical (unpaired) electrons. The zero-order chi connectivity index (χ0) is 37.8. The fourth-order valence-electron chi connectivity index (χ4n) is 6.63. The van der Waals surface area contributed by atoms with Crippen molar-refractivity contribution in [3.8, 4) is 17.2 Å². The van der Waals surface area contributed by atoms with Crippen LogP contribution in [0.15, 0.2) is 42.2 Å². The predicted octanol–water partition coefficient (Wildman–Crippen LogP) is -2.53. The van der Waals surface area contributed by atoms with E-state index in [1.54, 1.807) is 0 Å². The topological polar surface area (TPSA) is 295 Å². The Labute approximate surface area is 295 Å². The van der Waals surface area contributed by atoms with Gasteiger partial charge in [-0.05, 0) is 43.2 Å². The van der Waals surface area contributed by atoms with E-state index in [9.17, 15) is 61.0 Å². The number of aromatic hydroxyl groups is 3. The zero-order valence-corrected chi connectivity index (χ0v) is 27.8. The number of rotatable bonds is 8. The Morgan fingerprint density at radius 1 is 0.673 bits per heavy atom. The van der Waals surface area contributed by atoms with Crippen LogP contribution in [0.2, 0.25) is 0 Å². The average molecular weight is 739 g/mol. The number of Topliss-reactive ketones (excluding diaryl/α,β-unsaturated/α-hetero) is 1. The van der Waals surface area contributed by atoms with E-state index >= 15 is 0 Å². The number of phenols is 3. The van der Waals surface area contributed by atoms with Crippen molar-refractivity contribution in [1.29, 1.82) is 0 Å². The van der Waals surface area contributed by atoms with Crippen molar-refractivity contribution < 1.29 is 89.4 Å². The third kappa shape index (κ3) is 7.23. The molecule has 1 aliphatic carbocycles. The Morgan fingerprint density at radius 2 is 1.27 bits per heavy atom. The molecule has 52 heavy (non-hydrogen) atoms. The molecule has 15 atom stereocenters. The molecule has 0 saturated carbocycles. The van der Waals surface area contributed by atoms with E-state index in [2.05, 4.69) is 0 Å². The minimum atomic E-state index is -1.96. The minimum absolute atomic E-state index is 0.0928. The van der Waals surface area contributed by atoms with Gasteiger partial charge in [-0.25, -0.2) is 0 Å². The highest BCUT2D eigenvalue weighted by Gasteiger charge is 2.52. The van der Waals surface area contributed by atoms with Gasteiger partial charge >= 0.3 is 0 Å². The first-order valence-electron chi connectivity index (χ1n) is 16.5. The molecule has 3 fully saturated rings. The Morgan fingerprint density at radius 3 is 1.90 bits per heavy atom. The van der Waals surface area contributed by atoms with Gasteiger partial charge in [0.2, 0.25) is 12.1 Å². The number of ether oxygens (including phenoxy) is 6. The van der Waals surface area contributed by atoms with E-state index in [0.717, 1.165) is 6.07 Å². The SMILES string of the molecule is C[C@@H]1O[C@@H](OC[C@H]2O[C@@H](OC3=C(c4ccc(O)cc4)Cc4cc(O)cc(O)c4C3=O)[C@H](O[C@@H]3O[C@@H](C)[C@H](O)[C@@H](O)[C@H]3O)[C@@H](O)[C@H]2O)[C@H](O)[C@H](O)[C@H]1O. The van der Waals surface area contributed by atoms with E-state index in [1.165, 1.54) is 44.2 Å². The van der Waals surface area contributed by atoms with Gasteiger partial charge in [0.25, 0.3) is 0 Å². The van der Waals surface area contributed by atoms with Crippen molar-refractivity contribution in [2.45, 2.75) is 112 Å². The lowest BCUT2D eigenvalue weighted by Crippen LogP contribution is -2.64. The number of carbonyl (C=O) groups excluding carboxylic acids is 1. The molecule has 2 aromatic carbocycles. The molecule has 0 aromatic heterocycles. The normalized spacial score (nSPS) is 39.7. The third-order valence-corrected chi connectivity index (χ3v) is 9.69. The van der Waals surface area contributed by atoms with Gasteiger partial charge in [-0.1, -0.05) is 12.1 Å². The maximum absolute atomic E-state index is 14.1. The van der Waals surface area contributed by atoms with Crippen molar-refractivity contribution in [1.82, 2.24) is 0 Å². The molecule has 11 N–H and O–H groups in total. The highest BCUT2D eigenvalue weighted by atomic mass is 16.8. The summed E-state index contributed by atoms with van der Waals surface area (Å²) in [6, 6.07) is 7.87. The van der Waals surface area contributed by atoms with E-state index in [0.29, 0.717) is 5.56 Å². The maximum atomic E-state index is 14.1. The second-order valence-electron chi connectivity index (χ2n) is 13.3. The quantitative estimate of drug-likeness (QED) is 0.133. The number of benzene rings is 2. The third-order valence-electron chi connectivity index (χ3n) is 9.69. The summed E-state index contributed by atoms with van der Waals surface area (Å²) < 4.78 is 34.6. The summed E-state index contributed by atoms with van der Waals surface area (Å²) in [5, 5.41) is 115. The molecule has 2 aromatic rings. The van der Waals surface area contributed by atoms with E-state index in [-0.39, 0.29) is 34.6 Å². The Hall–Kier alpha value is -3.47. The monoisotopic (exact) mass is 738 g/mol. The highest BCUT2D eigenvalue weighted by molar-refractivity contribution is 6.16. The van der Waals surface area contributed by atoms with Crippen LogP contribution in [0.1, 0.15) is 35.3 Å². The predicted molar refractivity (Wildman–Crippen MR) is 170 cm³/mol. The summed E-state index contributed by atoms with van der Waals surface area (Å²) >= 11 is 0. The first-order chi connectivity index (χ1) is 24.6. The first kappa shape index (κ1) is 38.3. The minimum Gasteiger partial charge on any atom is -0.508 e. The summed E-state index contributed by atoms with van der Waals surface area (Å²) in [6.07, 6.45) is -24.3. The van der Waals surface area contributed by atoms with Gasteiger partial charge in [0.1, 0.15) is 72.2 Å². The van der Waals surface area contributed by atoms with Gasteiger partial charge in [-0.2, -0.15) is 0 Å². The number of phenolic OH excluding ortho intramolecular Hbond substituents is 3. The maximum Gasteiger partial charge on any atom is 0.232 e. The molecule has 0 spiro atoms. The molecule has 0 amide bonds. The standard InChI is InChI=1S/C34H42O18/c1-11-21(38)25(42)28(45)32(48-11)47-10-19-23(40)27(44)31(52-33-29(46)26(43)22(39)12(2)49-33)34(50-19)51-30-17(13-3-5-15(35)6-4-13)8-14-7-16(36)9-18(37)20(14)24(30)41/h3-7,9,11-12,19,21-23,25-29,31-40,42-46H,8,10H2,1-2H3/t11-,12-,19+,21-,22-,23-,25+,26+,27-,28+,29+,31+,32+,33-,34-/m0/s1. The number of hydrogen-bond donors (Lipinski definition) is 11. The Kier molecular flexibility index (Phi) is 11.1. The molecule has 3 aliphatic heterocycles. The van der Waals surface area contributed by atoms with Crippen molar-refractivity contribution in [3.63, 3.8) is 0 Å². The van der Waals surface area contributed by atoms with Gasteiger partial charge in [0.05, 0.1) is 24.4 Å². The molecule has 0 unspecified atom stereocenters. The number of fused-ring (bicyclic) bond motifs is 1. The molecule has 6 rings (SSSR count).